The van der Waals surface area contributed by atoms with Gasteiger partial charge in [-0.05, 0) is 31.2 Å². The molecule has 0 aliphatic carbocycles. The van der Waals surface area contributed by atoms with E-state index in [0.717, 1.165) is 10.5 Å². The van der Waals surface area contributed by atoms with Crippen LogP contribution in [-0.2, 0) is 11.3 Å². The first-order valence-corrected chi connectivity index (χ1v) is 8.91. The third kappa shape index (κ3) is 4.70. The van der Waals surface area contributed by atoms with E-state index in [1.807, 2.05) is 61.5 Å². The summed E-state index contributed by atoms with van der Waals surface area (Å²) in [6.07, 6.45) is 0. The zero-order valence-corrected chi connectivity index (χ0v) is 15.0. The van der Waals surface area contributed by atoms with Crippen molar-refractivity contribution in [2.75, 3.05) is 12.8 Å². The van der Waals surface area contributed by atoms with Crippen molar-refractivity contribution in [3.63, 3.8) is 0 Å². The molecule has 0 aliphatic rings. The molecular weight excluding hydrogens is 334 g/mol. The van der Waals surface area contributed by atoms with Crippen molar-refractivity contribution in [3.8, 4) is 11.5 Å². The number of amides is 1. The number of hydrogen-bond acceptors (Lipinski definition) is 5. The smallest absolute Gasteiger partial charge is 0.247 e. The molecule has 0 atom stereocenters. The van der Waals surface area contributed by atoms with Gasteiger partial charge < -0.3 is 9.32 Å². The van der Waals surface area contributed by atoms with Crippen LogP contribution in [-0.4, -0.2) is 33.8 Å². The number of benzene rings is 2. The fourth-order valence-electron chi connectivity index (χ4n) is 2.20. The Morgan fingerprint density at radius 1 is 1.08 bits per heavy atom. The topological polar surface area (TPSA) is 59.2 Å². The van der Waals surface area contributed by atoms with Crippen LogP contribution in [0.15, 0.2) is 63.9 Å². The minimum Gasteiger partial charge on any atom is -0.419 e. The molecule has 0 N–H and O–H groups in total. The van der Waals surface area contributed by atoms with Crippen LogP contribution in [0.3, 0.4) is 0 Å². The summed E-state index contributed by atoms with van der Waals surface area (Å²) in [4.78, 5) is 15.0. The lowest BCUT2D eigenvalue weighted by Gasteiger charge is -2.14. The summed E-state index contributed by atoms with van der Waals surface area (Å²) in [6.45, 7) is 2.34. The highest BCUT2D eigenvalue weighted by molar-refractivity contribution is 8.00. The first-order valence-electron chi connectivity index (χ1n) is 7.93. The third-order valence-electron chi connectivity index (χ3n) is 3.67. The van der Waals surface area contributed by atoms with Gasteiger partial charge in [-0.3, -0.25) is 4.79 Å². The molecule has 1 heterocycles. The van der Waals surface area contributed by atoms with E-state index in [0.29, 0.717) is 24.1 Å². The van der Waals surface area contributed by atoms with Crippen molar-refractivity contribution in [3.05, 3.63) is 66.1 Å². The first-order chi connectivity index (χ1) is 12.1. The Hall–Kier alpha value is -2.60. The maximum Gasteiger partial charge on any atom is 0.247 e. The third-order valence-corrected chi connectivity index (χ3v) is 4.67. The predicted octanol–water partition coefficient (Wildman–Crippen LogP) is 3.80. The van der Waals surface area contributed by atoms with E-state index in [9.17, 15) is 4.79 Å². The van der Waals surface area contributed by atoms with Gasteiger partial charge in [0.05, 0.1) is 12.3 Å². The molecule has 2 aromatic carbocycles. The number of nitrogens with zero attached hydrogens (tertiary/aromatic N) is 3. The molecule has 3 rings (SSSR count). The maximum atomic E-state index is 12.3. The van der Waals surface area contributed by atoms with E-state index in [-0.39, 0.29) is 5.91 Å². The fourth-order valence-corrected chi connectivity index (χ4v) is 3.03. The molecule has 0 fully saturated rings. The number of carbonyl (C=O) groups excluding carboxylic acids is 1. The second kappa shape index (κ2) is 7.98. The van der Waals surface area contributed by atoms with Gasteiger partial charge in [0.25, 0.3) is 0 Å². The van der Waals surface area contributed by atoms with Gasteiger partial charge in [-0.1, -0.05) is 35.9 Å². The van der Waals surface area contributed by atoms with Crippen molar-refractivity contribution < 1.29 is 9.21 Å². The Morgan fingerprint density at radius 3 is 2.52 bits per heavy atom. The standard InChI is InChI=1S/C19H19N3O2S/c1-14-8-10-16(11-9-14)25-13-18(23)22(2)12-17-20-21-19(24-17)15-6-4-3-5-7-15/h3-11H,12-13H2,1-2H3. The molecule has 0 bridgehead atoms. The monoisotopic (exact) mass is 353 g/mol. The lowest BCUT2D eigenvalue weighted by Crippen LogP contribution is -2.27. The number of carbonyl (C=O) groups is 1. The summed E-state index contributed by atoms with van der Waals surface area (Å²) >= 11 is 1.52. The van der Waals surface area contributed by atoms with Gasteiger partial charge in [0.1, 0.15) is 0 Å². The van der Waals surface area contributed by atoms with Gasteiger partial charge in [-0.2, -0.15) is 0 Å². The van der Waals surface area contributed by atoms with Gasteiger partial charge in [0.2, 0.25) is 17.7 Å². The SMILES string of the molecule is Cc1ccc(SCC(=O)N(C)Cc2nnc(-c3ccccc3)o2)cc1. The molecule has 3 aromatic rings. The lowest BCUT2D eigenvalue weighted by atomic mass is 10.2. The van der Waals surface area contributed by atoms with Gasteiger partial charge in [0, 0.05) is 17.5 Å². The molecule has 0 saturated heterocycles. The van der Waals surface area contributed by atoms with Crippen LogP contribution in [0.5, 0.6) is 0 Å². The Bertz CT molecular complexity index is 831. The number of aryl methyl sites for hydroxylation is 1. The maximum absolute atomic E-state index is 12.3. The second-order valence-electron chi connectivity index (χ2n) is 5.72. The molecule has 5 nitrogen and oxygen atoms in total. The number of hydrogen-bond donors (Lipinski definition) is 0. The summed E-state index contributed by atoms with van der Waals surface area (Å²) < 4.78 is 5.64. The largest absolute Gasteiger partial charge is 0.419 e. The zero-order chi connectivity index (χ0) is 17.6. The zero-order valence-electron chi connectivity index (χ0n) is 14.2. The average Bonchev–Trinajstić information content (AvgIpc) is 3.10. The Morgan fingerprint density at radius 2 is 1.80 bits per heavy atom. The van der Waals surface area contributed by atoms with Crippen molar-refractivity contribution >= 4 is 17.7 Å². The number of rotatable bonds is 6. The summed E-state index contributed by atoms with van der Waals surface area (Å²) in [6, 6.07) is 17.7. The molecule has 1 amide bonds. The Kier molecular flexibility index (Phi) is 5.50. The normalized spacial score (nSPS) is 10.6. The summed E-state index contributed by atoms with van der Waals surface area (Å²) in [5.74, 6) is 1.28. The van der Waals surface area contributed by atoms with E-state index in [4.69, 9.17) is 4.42 Å². The quantitative estimate of drug-likeness (QED) is 0.631. The fraction of sp³-hybridized carbons (Fsp3) is 0.211. The molecule has 0 spiro atoms. The van der Waals surface area contributed by atoms with Crippen molar-refractivity contribution in [1.29, 1.82) is 0 Å². The van der Waals surface area contributed by atoms with E-state index in [2.05, 4.69) is 10.2 Å². The van der Waals surface area contributed by atoms with Gasteiger partial charge in [-0.25, -0.2) is 0 Å². The van der Waals surface area contributed by atoms with E-state index < -0.39 is 0 Å². The van der Waals surface area contributed by atoms with Crippen molar-refractivity contribution in [2.45, 2.75) is 18.4 Å². The van der Waals surface area contributed by atoms with Gasteiger partial charge >= 0.3 is 0 Å². The molecule has 0 unspecified atom stereocenters. The van der Waals surface area contributed by atoms with Crippen LogP contribution in [0.1, 0.15) is 11.5 Å². The van der Waals surface area contributed by atoms with E-state index in [1.165, 1.54) is 17.3 Å². The van der Waals surface area contributed by atoms with Gasteiger partial charge in [-0.15, -0.1) is 22.0 Å². The number of thioether (sulfide) groups is 1. The predicted molar refractivity (Wildman–Crippen MR) is 98.1 cm³/mol. The minimum atomic E-state index is 0.0186. The highest BCUT2D eigenvalue weighted by Gasteiger charge is 2.14. The van der Waals surface area contributed by atoms with Crippen LogP contribution >= 0.6 is 11.8 Å². The minimum absolute atomic E-state index is 0.0186. The molecule has 128 valence electrons. The van der Waals surface area contributed by atoms with Crippen LogP contribution in [0.25, 0.3) is 11.5 Å². The summed E-state index contributed by atoms with van der Waals surface area (Å²) in [7, 11) is 1.74. The van der Waals surface area contributed by atoms with Gasteiger partial charge in [0.15, 0.2) is 0 Å². The second-order valence-corrected chi connectivity index (χ2v) is 6.77. The molecule has 0 radical (unpaired) electrons. The average molecular weight is 353 g/mol. The molecule has 25 heavy (non-hydrogen) atoms. The van der Waals surface area contributed by atoms with Crippen LogP contribution in [0.4, 0.5) is 0 Å². The Labute approximate surface area is 151 Å². The van der Waals surface area contributed by atoms with E-state index in [1.54, 1.807) is 11.9 Å². The lowest BCUT2D eigenvalue weighted by molar-refractivity contribution is -0.127. The van der Waals surface area contributed by atoms with E-state index >= 15 is 0 Å². The number of aromatic nitrogens is 2. The molecule has 1 aromatic heterocycles. The molecule has 6 heteroatoms. The van der Waals surface area contributed by atoms with Crippen molar-refractivity contribution in [2.24, 2.45) is 0 Å². The van der Waals surface area contributed by atoms with Crippen LogP contribution < -0.4 is 0 Å². The Balaban J connectivity index is 1.54. The van der Waals surface area contributed by atoms with Crippen molar-refractivity contribution in [1.82, 2.24) is 15.1 Å². The highest BCUT2D eigenvalue weighted by atomic mass is 32.2. The summed E-state index contributed by atoms with van der Waals surface area (Å²) in [5, 5.41) is 8.07. The molecular formula is C19H19N3O2S. The summed E-state index contributed by atoms with van der Waals surface area (Å²) in [5.41, 5.74) is 2.07. The molecule has 0 saturated carbocycles. The van der Waals surface area contributed by atoms with Crippen LogP contribution in [0, 0.1) is 6.92 Å². The molecule has 0 aliphatic heterocycles. The van der Waals surface area contributed by atoms with Crippen LogP contribution in [0.2, 0.25) is 0 Å². The highest BCUT2D eigenvalue weighted by Crippen LogP contribution is 2.20. The first kappa shape index (κ1) is 17.2.